The number of aromatic nitrogens is 3. The van der Waals surface area contributed by atoms with Gasteiger partial charge in [0.25, 0.3) is 0 Å². The Kier molecular flexibility index (Phi) is 4.16. The SMILES string of the molecule is COc1ccc(Oc2nc(Cl)nc(Cl)n2)cc1[N+](=O)[O-]. The second-order valence-electron chi connectivity index (χ2n) is 3.35. The molecule has 0 N–H and O–H groups in total. The summed E-state index contributed by atoms with van der Waals surface area (Å²) in [6, 6.07) is 3.84. The highest BCUT2D eigenvalue weighted by molar-refractivity contribution is 6.31. The van der Waals surface area contributed by atoms with Gasteiger partial charge in [-0.25, -0.2) is 0 Å². The van der Waals surface area contributed by atoms with Crippen molar-refractivity contribution in [3.05, 3.63) is 38.9 Å². The second-order valence-corrected chi connectivity index (χ2v) is 4.02. The number of benzene rings is 1. The summed E-state index contributed by atoms with van der Waals surface area (Å²) >= 11 is 11.2. The smallest absolute Gasteiger partial charge is 0.327 e. The van der Waals surface area contributed by atoms with Gasteiger partial charge in [0.05, 0.1) is 18.1 Å². The average molecular weight is 317 g/mol. The van der Waals surface area contributed by atoms with Crippen LogP contribution in [0, 0.1) is 10.1 Å². The third-order valence-electron chi connectivity index (χ3n) is 2.12. The maximum Gasteiger partial charge on any atom is 0.327 e. The monoisotopic (exact) mass is 316 g/mol. The van der Waals surface area contributed by atoms with Crippen molar-refractivity contribution in [1.29, 1.82) is 0 Å². The van der Waals surface area contributed by atoms with E-state index in [4.69, 9.17) is 32.7 Å². The lowest BCUT2D eigenvalue weighted by Crippen LogP contribution is -1.97. The number of nitrogens with zero attached hydrogens (tertiary/aromatic N) is 4. The van der Waals surface area contributed by atoms with Crippen LogP contribution in [0.3, 0.4) is 0 Å². The van der Waals surface area contributed by atoms with Gasteiger partial charge in [0.15, 0.2) is 5.75 Å². The predicted molar refractivity (Wildman–Crippen MR) is 69.6 cm³/mol. The fraction of sp³-hybridized carbons (Fsp3) is 0.100. The first kappa shape index (κ1) is 14.2. The predicted octanol–water partition coefficient (Wildman–Crippen LogP) is 2.89. The molecule has 0 bridgehead atoms. The molecule has 10 heteroatoms. The first-order valence-corrected chi connectivity index (χ1v) is 5.82. The molecule has 0 unspecified atom stereocenters. The molecule has 0 saturated heterocycles. The Bertz CT molecular complexity index is 647. The summed E-state index contributed by atoms with van der Waals surface area (Å²) < 4.78 is 10.1. The highest BCUT2D eigenvalue weighted by Crippen LogP contribution is 2.32. The topological polar surface area (TPSA) is 100 Å². The third kappa shape index (κ3) is 3.22. The van der Waals surface area contributed by atoms with Crippen LogP contribution in [0.25, 0.3) is 0 Å². The Morgan fingerprint density at radius 1 is 1.20 bits per heavy atom. The first-order valence-electron chi connectivity index (χ1n) is 5.07. The van der Waals surface area contributed by atoms with Crippen LogP contribution in [0.15, 0.2) is 18.2 Å². The molecule has 0 atom stereocenters. The van der Waals surface area contributed by atoms with Gasteiger partial charge in [-0.05, 0) is 35.3 Å². The molecule has 0 fully saturated rings. The minimum absolute atomic E-state index is 0.106. The molecule has 20 heavy (non-hydrogen) atoms. The van der Waals surface area contributed by atoms with Gasteiger partial charge >= 0.3 is 11.7 Å². The Balaban J connectivity index is 2.34. The van der Waals surface area contributed by atoms with E-state index in [1.54, 1.807) is 0 Å². The van der Waals surface area contributed by atoms with Gasteiger partial charge in [0, 0.05) is 0 Å². The molecular formula is C10H6Cl2N4O4. The van der Waals surface area contributed by atoms with Gasteiger partial charge in [0.2, 0.25) is 10.6 Å². The van der Waals surface area contributed by atoms with E-state index >= 15 is 0 Å². The van der Waals surface area contributed by atoms with E-state index in [0.29, 0.717) is 0 Å². The number of hydrogen-bond acceptors (Lipinski definition) is 7. The zero-order valence-electron chi connectivity index (χ0n) is 9.91. The van der Waals surface area contributed by atoms with Crippen molar-refractivity contribution in [2.75, 3.05) is 7.11 Å². The number of ether oxygens (including phenoxy) is 2. The normalized spacial score (nSPS) is 10.2. The number of rotatable bonds is 4. The molecule has 2 aromatic rings. The van der Waals surface area contributed by atoms with Crippen molar-refractivity contribution >= 4 is 28.9 Å². The molecule has 1 heterocycles. The highest BCUT2D eigenvalue weighted by atomic mass is 35.5. The molecule has 0 aliphatic heterocycles. The Morgan fingerprint density at radius 3 is 2.40 bits per heavy atom. The van der Waals surface area contributed by atoms with E-state index in [1.165, 1.54) is 25.3 Å². The molecule has 0 saturated carbocycles. The van der Waals surface area contributed by atoms with E-state index in [-0.39, 0.29) is 33.8 Å². The van der Waals surface area contributed by atoms with Crippen LogP contribution in [-0.4, -0.2) is 27.0 Å². The van der Waals surface area contributed by atoms with Crippen molar-refractivity contribution in [2.24, 2.45) is 0 Å². The summed E-state index contributed by atoms with van der Waals surface area (Å²) in [6.45, 7) is 0. The van der Waals surface area contributed by atoms with Gasteiger partial charge in [-0.1, -0.05) is 0 Å². The van der Waals surface area contributed by atoms with Crippen molar-refractivity contribution in [1.82, 2.24) is 15.0 Å². The molecule has 104 valence electrons. The number of nitro groups is 1. The quantitative estimate of drug-likeness (QED) is 0.631. The van der Waals surface area contributed by atoms with E-state index < -0.39 is 4.92 Å². The van der Waals surface area contributed by atoms with E-state index in [9.17, 15) is 10.1 Å². The summed E-state index contributed by atoms with van der Waals surface area (Å²) in [5.74, 6) is 0.241. The van der Waals surface area contributed by atoms with Gasteiger partial charge < -0.3 is 9.47 Å². The number of nitro benzene ring substituents is 1. The third-order valence-corrected chi connectivity index (χ3v) is 2.45. The van der Waals surface area contributed by atoms with Crippen LogP contribution in [-0.2, 0) is 0 Å². The summed E-state index contributed by atoms with van der Waals surface area (Å²) in [7, 11) is 1.33. The first-order chi connectivity index (χ1) is 9.49. The summed E-state index contributed by atoms with van der Waals surface area (Å²) in [5.41, 5.74) is -0.253. The minimum Gasteiger partial charge on any atom is -0.490 e. The summed E-state index contributed by atoms with van der Waals surface area (Å²) in [5, 5.41) is 10.6. The van der Waals surface area contributed by atoms with Crippen molar-refractivity contribution < 1.29 is 14.4 Å². The average Bonchev–Trinajstić information content (AvgIpc) is 2.37. The fourth-order valence-electron chi connectivity index (χ4n) is 1.34. The minimum atomic E-state index is -0.598. The molecule has 0 radical (unpaired) electrons. The molecule has 0 spiro atoms. The molecule has 0 amide bonds. The maximum atomic E-state index is 10.9. The Morgan fingerprint density at radius 2 is 1.85 bits per heavy atom. The fourth-order valence-corrected chi connectivity index (χ4v) is 1.68. The number of methoxy groups -OCH3 is 1. The van der Waals surface area contributed by atoms with Gasteiger partial charge in [0.1, 0.15) is 5.75 Å². The van der Waals surface area contributed by atoms with Crippen LogP contribution in [0.4, 0.5) is 5.69 Å². The van der Waals surface area contributed by atoms with Gasteiger partial charge in [-0.2, -0.15) is 15.0 Å². The standard InChI is InChI=1S/C10H6Cl2N4O4/c1-19-7-3-2-5(4-6(7)16(17)18)20-10-14-8(11)13-9(12)15-10/h2-4H,1H3. The van der Waals surface area contributed by atoms with Gasteiger partial charge in [-0.3, -0.25) is 10.1 Å². The van der Waals surface area contributed by atoms with Crippen LogP contribution >= 0.6 is 23.2 Å². The van der Waals surface area contributed by atoms with Gasteiger partial charge in [-0.15, -0.1) is 0 Å². The lowest BCUT2D eigenvalue weighted by atomic mass is 10.3. The molecule has 1 aromatic carbocycles. The molecule has 0 aliphatic carbocycles. The van der Waals surface area contributed by atoms with E-state index in [2.05, 4.69) is 15.0 Å². The molecule has 0 aliphatic rings. The zero-order chi connectivity index (χ0) is 14.7. The van der Waals surface area contributed by atoms with Crippen LogP contribution in [0.5, 0.6) is 17.5 Å². The van der Waals surface area contributed by atoms with Crippen LogP contribution in [0.1, 0.15) is 0 Å². The molecule has 2 rings (SSSR count). The molecule has 8 nitrogen and oxygen atoms in total. The molecule has 1 aromatic heterocycles. The lowest BCUT2D eigenvalue weighted by molar-refractivity contribution is -0.385. The van der Waals surface area contributed by atoms with Crippen molar-refractivity contribution in [3.63, 3.8) is 0 Å². The summed E-state index contributed by atoms with van der Waals surface area (Å²) in [4.78, 5) is 21.2. The van der Waals surface area contributed by atoms with Crippen LogP contribution in [0.2, 0.25) is 10.6 Å². The lowest BCUT2D eigenvalue weighted by Gasteiger charge is -2.06. The highest BCUT2D eigenvalue weighted by Gasteiger charge is 2.17. The zero-order valence-corrected chi connectivity index (χ0v) is 11.4. The summed E-state index contributed by atoms with van der Waals surface area (Å²) in [6.07, 6.45) is 0. The van der Waals surface area contributed by atoms with Crippen LogP contribution < -0.4 is 9.47 Å². The Labute approximate surface area is 122 Å². The molecular weight excluding hydrogens is 311 g/mol. The van der Waals surface area contributed by atoms with Crippen molar-refractivity contribution in [2.45, 2.75) is 0 Å². The number of halogens is 2. The Hall–Kier alpha value is -2.19. The second kappa shape index (κ2) is 5.85. The van der Waals surface area contributed by atoms with E-state index in [0.717, 1.165) is 0 Å². The van der Waals surface area contributed by atoms with Crippen molar-refractivity contribution in [3.8, 4) is 17.5 Å². The van der Waals surface area contributed by atoms with E-state index in [1.807, 2.05) is 0 Å². The number of hydrogen-bond donors (Lipinski definition) is 0. The maximum absolute atomic E-state index is 10.9. The largest absolute Gasteiger partial charge is 0.490 e.